The average Bonchev–Trinajstić information content (AvgIpc) is 2.59. The van der Waals surface area contributed by atoms with E-state index in [1.54, 1.807) is 19.1 Å². The summed E-state index contributed by atoms with van der Waals surface area (Å²) < 4.78 is 53.3. The van der Waals surface area contributed by atoms with Crippen molar-refractivity contribution < 1.29 is 22.0 Å². The molecule has 26 heavy (non-hydrogen) atoms. The Hall–Kier alpha value is -1.84. The van der Waals surface area contributed by atoms with Crippen molar-refractivity contribution in [2.45, 2.75) is 11.8 Å². The molecule has 0 heterocycles. The fourth-order valence-electron chi connectivity index (χ4n) is 2.30. The van der Waals surface area contributed by atoms with Crippen molar-refractivity contribution in [1.29, 1.82) is 0 Å². The van der Waals surface area contributed by atoms with Crippen LogP contribution in [0.2, 0.25) is 0 Å². The van der Waals surface area contributed by atoms with Gasteiger partial charge in [-0.05, 0) is 43.3 Å². The van der Waals surface area contributed by atoms with E-state index < -0.39 is 34.1 Å². The molecule has 5 nitrogen and oxygen atoms in total. The van der Waals surface area contributed by atoms with Crippen LogP contribution in [-0.2, 0) is 14.8 Å². The fraction of sp³-hybridized carbons (Fsp3) is 0.235. The zero-order chi connectivity index (χ0) is 19.5. The lowest BCUT2D eigenvalue weighted by molar-refractivity contribution is -0.118. The van der Waals surface area contributed by atoms with Crippen molar-refractivity contribution in [3.05, 3.63) is 58.6 Å². The molecule has 0 N–H and O–H groups in total. The van der Waals surface area contributed by atoms with Gasteiger partial charge in [0.15, 0.2) is 11.6 Å². The van der Waals surface area contributed by atoms with Gasteiger partial charge in [-0.3, -0.25) is 4.79 Å². The fourth-order valence-corrected chi connectivity index (χ4v) is 3.69. The van der Waals surface area contributed by atoms with Gasteiger partial charge in [-0.1, -0.05) is 15.9 Å². The van der Waals surface area contributed by atoms with Crippen LogP contribution in [-0.4, -0.2) is 38.8 Å². The van der Waals surface area contributed by atoms with E-state index in [4.69, 9.17) is 0 Å². The van der Waals surface area contributed by atoms with Gasteiger partial charge in [0.2, 0.25) is 15.9 Å². The summed E-state index contributed by atoms with van der Waals surface area (Å²) in [4.78, 5) is 13.7. The lowest BCUT2D eigenvalue weighted by Gasteiger charge is -2.24. The molecule has 0 saturated heterocycles. The quantitative estimate of drug-likeness (QED) is 0.682. The molecule has 2 aromatic rings. The Morgan fingerprint density at radius 3 is 2.23 bits per heavy atom. The summed E-state index contributed by atoms with van der Waals surface area (Å²) in [5.74, 6) is -2.65. The zero-order valence-corrected chi connectivity index (χ0v) is 16.5. The highest BCUT2D eigenvalue weighted by Gasteiger charge is 2.25. The van der Waals surface area contributed by atoms with Crippen LogP contribution < -0.4 is 4.90 Å². The van der Waals surface area contributed by atoms with E-state index in [0.29, 0.717) is 0 Å². The first-order valence-electron chi connectivity index (χ1n) is 7.64. The van der Waals surface area contributed by atoms with Crippen LogP contribution in [0, 0.1) is 11.6 Å². The SMILES string of the molecule is CCN(C(=O)CN(C)S(=O)(=O)c1ccc(Br)cc1)c1ccc(F)c(F)c1. The van der Waals surface area contributed by atoms with Crippen molar-refractivity contribution in [2.24, 2.45) is 0 Å². The van der Waals surface area contributed by atoms with Gasteiger partial charge in [-0.2, -0.15) is 4.31 Å². The number of carbonyl (C=O) groups excluding carboxylic acids is 1. The van der Waals surface area contributed by atoms with E-state index in [-0.39, 0.29) is 17.1 Å². The Kier molecular flexibility index (Phi) is 6.48. The summed E-state index contributed by atoms with van der Waals surface area (Å²) in [5.41, 5.74) is 0.158. The molecule has 0 fully saturated rings. The van der Waals surface area contributed by atoms with Crippen LogP contribution in [0.5, 0.6) is 0 Å². The van der Waals surface area contributed by atoms with Crippen LogP contribution in [0.3, 0.4) is 0 Å². The highest BCUT2D eigenvalue weighted by molar-refractivity contribution is 9.10. The molecule has 2 rings (SSSR count). The number of hydrogen-bond donors (Lipinski definition) is 0. The normalized spacial score (nSPS) is 11.6. The molecular formula is C17H17BrF2N2O3S. The molecule has 2 aromatic carbocycles. The minimum Gasteiger partial charge on any atom is -0.311 e. The minimum atomic E-state index is -3.86. The number of carbonyl (C=O) groups is 1. The number of amides is 1. The Morgan fingerprint density at radius 2 is 1.69 bits per heavy atom. The standard InChI is InChI=1S/C17H17BrF2N2O3S/c1-3-22(13-6-9-15(19)16(20)10-13)17(23)11-21(2)26(24,25)14-7-4-12(18)5-8-14/h4-10H,3,11H2,1-2H3. The number of rotatable bonds is 6. The van der Waals surface area contributed by atoms with Gasteiger partial charge in [0.1, 0.15) is 0 Å². The summed E-state index contributed by atoms with van der Waals surface area (Å²) in [6, 6.07) is 9.11. The minimum absolute atomic E-state index is 0.0480. The molecule has 0 saturated carbocycles. The Balaban J connectivity index is 2.20. The molecule has 0 spiro atoms. The number of sulfonamides is 1. The summed E-state index contributed by atoms with van der Waals surface area (Å²) >= 11 is 3.23. The van der Waals surface area contributed by atoms with Gasteiger partial charge < -0.3 is 4.90 Å². The van der Waals surface area contributed by atoms with Gasteiger partial charge in [-0.15, -0.1) is 0 Å². The first-order chi connectivity index (χ1) is 12.2. The van der Waals surface area contributed by atoms with Crippen molar-refractivity contribution in [3.63, 3.8) is 0 Å². The number of hydrogen-bond acceptors (Lipinski definition) is 3. The van der Waals surface area contributed by atoms with Crippen molar-refractivity contribution in [1.82, 2.24) is 4.31 Å². The van der Waals surface area contributed by atoms with Crippen molar-refractivity contribution >= 4 is 37.5 Å². The first kappa shape index (κ1) is 20.5. The van der Waals surface area contributed by atoms with E-state index in [2.05, 4.69) is 15.9 Å². The van der Waals surface area contributed by atoms with Crippen LogP contribution >= 0.6 is 15.9 Å². The van der Waals surface area contributed by atoms with Gasteiger partial charge >= 0.3 is 0 Å². The topological polar surface area (TPSA) is 57.7 Å². The lowest BCUT2D eigenvalue weighted by atomic mass is 10.2. The molecule has 0 radical (unpaired) electrons. The smallest absolute Gasteiger partial charge is 0.243 e. The maximum atomic E-state index is 13.4. The van der Waals surface area contributed by atoms with Crippen molar-refractivity contribution in [3.8, 4) is 0 Å². The summed E-state index contributed by atoms with van der Waals surface area (Å²) in [5, 5.41) is 0. The predicted octanol–water partition coefficient (Wildman–Crippen LogP) is 3.40. The third-order valence-electron chi connectivity index (χ3n) is 3.71. The summed E-state index contributed by atoms with van der Waals surface area (Å²) in [6.45, 7) is 1.39. The second-order valence-corrected chi connectivity index (χ2v) is 8.41. The van der Waals surface area contributed by atoms with Crippen LogP contribution in [0.15, 0.2) is 51.8 Å². The maximum absolute atomic E-state index is 13.4. The number of anilines is 1. The largest absolute Gasteiger partial charge is 0.311 e. The van der Waals surface area contributed by atoms with Crippen LogP contribution in [0.25, 0.3) is 0 Å². The molecule has 0 aromatic heterocycles. The predicted molar refractivity (Wildman–Crippen MR) is 98.3 cm³/mol. The third-order valence-corrected chi connectivity index (χ3v) is 6.06. The molecule has 0 aliphatic carbocycles. The Morgan fingerprint density at radius 1 is 1.08 bits per heavy atom. The molecule has 0 aliphatic rings. The maximum Gasteiger partial charge on any atom is 0.243 e. The van der Waals surface area contributed by atoms with E-state index in [9.17, 15) is 22.0 Å². The number of likely N-dealkylation sites (N-methyl/N-ethyl adjacent to an activating group) is 2. The van der Waals surface area contributed by atoms with Crippen LogP contribution in [0.4, 0.5) is 14.5 Å². The molecule has 1 amide bonds. The first-order valence-corrected chi connectivity index (χ1v) is 9.87. The number of halogens is 3. The molecular weight excluding hydrogens is 430 g/mol. The molecule has 0 atom stereocenters. The molecule has 0 unspecified atom stereocenters. The number of nitrogens with zero attached hydrogens (tertiary/aromatic N) is 2. The van der Waals surface area contributed by atoms with Gasteiger partial charge in [0.25, 0.3) is 0 Å². The molecule has 0 bridgehead atoms. The second kappa shape index (κ2) is 8.24. The van der Waals surface area contributed by atoms with E-state index in [1.165, 1.54) is 30.1 Å². The van der Waals surface area contributed by atoms with Gasteiger partial charge in [0.05, 0.1) is 11.4 Å². The van der Waals surface area contributed by atoms with E-state index in [0.717, 1.165) is 20.9 Å². The zero-order valence-electron chi connectivity index (χ0n) is 14.1. The Bertz CT molecular complexity index is 905. The summed E-state index contributed by atoms with van der Waals surface area (Å²) in [6.07, 6.45) is 0. The highest BCUT2D eigenvalue weighted by atomic mass is 79.9. The van der Waals surface area contributed by atoms with E-state index >= 15 is 0 Å². The van der Waals surface area contributed by atoms with Crippen LogP contribution in [0.1, 0.15) is 6.92 Å². The third kappa shape index (κ3) is 4.46. The molecule has 9 heteroatoms. The monoisotopic (exact) mass is 446 g/mol. The number of benzene rings is 2. The van der Waals surface area contributed by atoms with E-state index in [1.807, 2.05) is 0 Å². The molecule has 140 valence electrons. The van der Waals surface area contributed by atoms with Gasteiger partial charge in [-0.25, -0.2) is 17.2 Å². The molecule has 0 aliphatic heterocycles. The lowest BCUT2D eigenvalue weighted by Crippen LogP contribution is -2.41. The Labute approximate surface area is 159 Å². The van der Waals surface area contributed by atoms with Gasteiger partial charge in [0, 0.05) is 29.8 Å². The highest BCUT2D eigenvalue weighted by Crippen LogP contribution is 2.20. The average molecular weight is 447 g/mol. The van der Waals surface area contributed by atoms with Crippen molar-refractivity contribution in [2.75, 3.05) is 25.0 Å². The summed E-state index contributed by atoms with van der Waals surface area (Å²) in [7, 11) is -2.57. The second-order valence-electron chi connectivity index (χ2n) is 5.45.